The van der Waals surface area contributed by atoms with Gasteiger partial charge in [0, 0.05) is 0 Å². The average Bonchev–Trinajstić information content (AvgIpc) is 1.39. The number of carbonyl (C=O) groups is 2. The molecule has 0 saturated heterocycles. The Bertz CT molecular complexity index is 8510. The van der Waals surface area contributed by atoms with E-state index in [1.54, 1.807) is 151 Å². The molecule has 0 aliphatic heterocycles. The van der Waals surface area contributed by atoms with Crippen molar-refractivity contribution in [2.24, 2.45) is 5.41 Å². The molecule has 33 aromatic rings. The van der Waals surface area contributed by atoms with E-state index in [1.165, 1.54) is 216 Å². The Balaban J connectivity index is 1.12. The van der Waals surface area contributed by atoms with Crippen molar-refractivity contribution in [1.29, 1.82) is 0 Å². The average molecular weight is 999 g/mol. The van der Waals surface area contributed by atoms with Crippen LogP contribution >= 0.6 is 0 Å². The third kappa shape index (κ3) is 1.56. The van der Waals surface area contributed by atoms with E-state index in [0.717, 1.165) is 0 Å². The lowest BCUT2D eigenvalue weighted by molar-refractivity contribution is -0.166. The van der Waals surface area contributed by atoms with E-state index < -0.39 is 16.2 Å². The van der Waals surface area contributed by atoms with Crippen LogP contribution in [0.15, 0.2) is 0 Å². The van der Waals surface area contributed by atoms with Crippen LogP contribution in [0.3, 0.4) is 0 Å². The van der Waals surface area contributed by atoms with E-state index in [2.05, 4.69) is 0 Å². The molecule has 5 aliphatic rings. The molecule has 0 radical (unpaired) electrons. The fraction of sp³-hybridized carbons (Fsp3) is 0.0909. The van der Waals surface area contributed by atoms with Crippen LogP contribution in [0.5, 0.6) is 0 Å². The normalized spacial score (nSPS) is 19.7. The zero-order valence-electron chi connectivity index (χ0n) is 41.5. The van der Waals surface area contributed by atoms with Crippen molar-refractivity contribution >= 4 is 357 Å². The molecule has 1 saturated carbocycles. The molecule has 4 nitrogen and oxygen atoms in total. The van der Waals surface area contributed by atoms with Crippen LogP contribution in [0.4, 0.5) is 0 Å². The van der Waals surface area contributed by atoms with E-state index in [-0.39, 0.29) is 25.2 Å². The Hall–Kier alpha value is -9.90. The van der Waals surface area contributed by atoms with Crippen LogP contribution in [0.25, 0.3) is 345 Å². The van der Waals surface area contributed by atoms with Gasteiger partial charge in [-0.05, 0) is 381 Å². The topological polar surface area (TPSA) is 52.6 Å². The number of hydrogen-bond acceptors (Lipinski definition) is 4. The molecule has 0 aromatic heterocycles. The minimum absolute atomic E-state index is 0.190. The first-order chi connectivity index (χ1) is 40.2. The molecule has 4 heteroatoms. The predicted octanol–water partition coefficient (Wildman–Crippen LogP) is 19.4. The molecular formula is C77H10O4. The molecule has 0 bridgehead atoms. The Morgan fingerprint density at radius 2 is 0.296 bits per heavy atom. The molecule has 33 aromatic carbocycles. The maximum Gasteiger partial charge on any atom is 0.326 e. The van der Waals surface area contributed by atoms with E-state index in [0.29, 0.717) is 0 Å². The minimum atomic E-state index is -1.70. The number of ether oxygens (including phenoxy) is 2. The molecule has 0 heterocycles. The standard InChI is InChI=1S/C77H10O4/c1-3-80-73(78)77(74(79)81-4-2)75-69-61-53-43-33-26-17-11-5-6-8-10-9-7(5)13-20-15(9)24-25-16(10)21-14(8)23-19(12(6)17)28-34(26)44(43)54-48-38(28)30(23)40-32(21)42-36(25)46-45-35(24)41-31(20)39-29-22(13)18(11)27(33)37(29)47(53)57-51(39)59-49(41)55(45)63-64-56(46)50(42)60-52(40)58(48)66(70(75)62(54)61)68(60)72(64)76(75,77)71(63)67(59)65(57)69/h3-4H2,1-2H3. The summed E-state index contributed by atoms with van der Waals surface area (Å²) in [6, 6.07) is 0. The third-order valence-corrected chi connectivity index (χ3v) is 29.3. The number of benzene rings is 23. The summed E-state index contributed by atoms with van der Waals surface area (Å²) >= 11 is 0. The number of rotatable bonds is 4. The second-order valence-corrected chi connectivity index (χ2v) is 29.2. The van der Waals surface area contributed by atoms with Gasteiger partial charge >= 0.3 is 11.9 Å². The van der Waals surface area contributed by atoms with Gasteiger partial charge in [0.05, 0.1) is 24.0 Å². The summed E-state index contributed by atoms with van der Waals surface area (Å²) in [6.07, 6.45) is 0. The number of carbonyl (C=O) groups excluding carboxylic acids is 2. The van der Waals surface area contributed by atoms with Crippen LogP contribution in [0.1, 0.15) is 36.1 Å². The first kappa shape index (κ1) is 30.5. The van der Waals surface area contributed by atoms with Crippen molar-refractivity contribution in [3.63, 3.8) is 0 Å². The van der Waals surface area contributed by atoms with Crippen LogP contribution in [0.2, 0.25) is 0 Å². The van der Waals surface area contributed by atoms with Crippen LogP contribution in [0, 0.1) is 5.41 Å². The van der Waals surface area contributed by atoms with Gasteiger partial charge in [-0.2, -0.15) is 0 Å². The van der Waals surface area contributed by atoms with Gasteiger partial charge in [-0.3, -0.25) is 9.59 Å². The summed E-state index contributed by atoms with van der Waals surface area (Å²) in [5, 5.41) is 96.1. The Kier molecular flexibility index (Phi) is 2.55. The van der Waals surface area contributed by atoms with Crippen molar-refractivity contribution in [2.75, 3.05) is 13.2 Å². The molecular weight excluding hydrogens is 989 g/mol. The Labute approximate surface area is 438 Å². The van der Waals surface area contributed by atoms with Crippen LogP contribution in [-0.4, -0.2) is 25.2 Å². The summed E-state index contributed by atoms with van der Waals surface area (Å²) in [5.41, 5.74) is 1.27. The molecule has 0 amide bonds. The maximum atomic E-state index is 17.0. The molecule has 0 atom stereocenters. The summed E-state index contributed by atoms with van der Waals surface area (Å²) in [6.45, 7) is 4.28. The SMILES string of the molecule is CCOC(=O)C1(C(=O)OCC)C23c4c5c6c7c8c9c(c%10c%11c2c2c4c4c%12c5c5c6c6c8c8c%13c9c9c%10c%10c%11c%11c2c2c4c4c%14c%12c%12c5c5c6c8c6c8c%13c9c9c%10c%10c%11c%11c2c4c2c4c%14c%12c%12c5c6c5c6c8c9c8c%10c%11c2c(c86)c4c%125)C713. The predicted molar refractivity (Wildman–Crippen MR) is 333 cm³/mol. The zero-order valence-corrected chi connectivity index (χ0v) is 41.5. The van der Waals surface area contributed by atoms with Crippen molar-refractivity contribution in [3.05, 3.63) is 22.3 Å². The highest BCUT2D eigenvalue weighted by molar-refractivity contribution is 6.84. The van der Waals surface area contributed by atoms with Gasteiger partial charge in [-0.15, -0.1) is 0 Å². The van der Waals surface area contributed by atoms with Crippen molar-refractivity contribution in [1.82, 2.24) is 0 Å². The molecule has 0 unspecified atom stereocenters. The van der Waals surface area contributed by atoms with Crippen LogP contribution < -0.4 is 0 Å². The van der Waals surface area contributed by atoms with E-state index in [9.17, 15) is 0 Å². The van der Waals surface area contributed by atoms with Gasteiger partial charge in [0.2, 0.25) is 0 Å². The fourth-order valence-electron chi connectivity index (χ4n) is 29.5. The third-order valence-electron chi connectivity index (χ3n) is 29.3. The smallest absolute Gasteiger partial charge is 0.326 e. The van der Waals surface area contributed by atoms with E-state index >= 15 is 9.59 Å². The lowest BCUT2D eigenvalue weighted by Crippen LogP contribution is -2.38. The Morgan fingerprint density at radius 1 is 0.198 bits per heavy atom. The van der Waals surface area contributed by atoms with Crippen molar-refractivity contribution in [2.45, 2.75) is 24.7 Å². The summed E-state index contributed by atoms with van der Waals surface area (Å²) < 4.78 is 13.5. The van der Waals surface area contributed by atoms with Gasteiger partial charge in [0.1, 0.15) is 0 Å². The molecule has 38 rings (SSSR count). The number of hydrogen-bond donors (Lipinski definition) is 0. The van der Waals surface area contributed by atoms with E-state index in [1.807, 2.05) is 13.8 Å². The largest absolute Gasteiger partial charge is 0.465 e. The molecule has 5 aliphatic carbocycles. The molecule has 0 N–H and O–H groups in total. The zero-order chi connectivity index (χ0) is 48.7. The van der Waals surface area contributed by atoms with Gasteiger partial charge in [-0.25, -0.2) is 0 Å². The quantitative estimate of drug-likeness (QED) is 0.0763. The molecule has 1 fully saturated rings. The minimum Gasteiger partial charge on any atom is -0.465 e. The van der Waals surface area contributed by atoms with Gasteiger partial charge in [-0.1, -0.05) is 0 Å². The van der Waals surface area contributed by atoms with Crippen LogP contribution in [-0.2, 0) is 29.9 Å². The maximum absolute atomic E-state index is 17.0. The first-order valence-electron chi connectivity index (χ1n) is 30.1. The lowest BCUT2D eigenvalue weighted by Gasteiger charge is -2.32. The lowest BCUT2D eigenvalue weighted by atomic mass is 9.68. The van der Waals surface area contributed by atoms with E-state index in [4.69, 9.17) is 9.47 Å². The highest BCUT2D eigenvalue weighted by Gasteiger charge is 3.01. The second-order valence-electron chi connectivity index (χ2n) is 29.2. The summed E-state index contributed by atoms with van der Waals surface area (Å²) in [4.78, 5) is 34.0. The van der Waals surface area contributed by atoms with Gasteiger partial charge < -0.3 is 9.47 Å². The van der Waals surface area contributed by atoms with Gasteiger partial charge in [0.15, 0.2) is 5.41 Å². The molecule has 2 spiro atoms. The second kappa shape index (κ2) is 6.79. The Morgan fingerprint density at radius 3 is 0.395 bits per heavy atom. The summed E-state index contributed by atoms with van der Waals surface area (Å²) in [5.74, 6) is -0.762. The molecule has 81 heavy (non-hydrogen) atoms. The van der Waals surface area contributed by atoms with Crippen molar-refractivity contribution in [3.8, 4) is 0 Å². The number of esters is 2. The fourth-order valence-corrected chi connectivity index (χ4v) is 29.5. The van der Waals surface area contributed by atoms with Gasteiger partial charge in [0.25, 0.3) is 0 Å². The highest BCUT2D eigenvalue weighted by atomic mass is 16.6. The first-order valence-corrected chi connectivity index (χ1v) is 30.1. The monoisotopic (exact) mass is 998 g/mol. The van der Waals surface area contributed by atoms with Crippen molar-refractivity contribution < 1.29 is 19.1 Å². The highest BCUT2D eigenvalue weighted by Crippen LogP contribution is 2.96. The summed E-state index contributed by atoms with van der Waals surface area (Å²) in [7, 11) is 0. The molecule has 342 valence electrons.